The zero-order valence-electron chi connectivity index (χ0n) is 12.1. The summed E-state index contributed by atoms with van der Waals surface area (Å²) in [5.74, 6) is -0.594. The molecule has 0 N–H and O–H groups in total. The van der Waals surface area contributed by atoms with Gasteiger partial charge in [-0.15, -0.1) is 13.2 Å². The molecule has 0 spiro atoms. The number of likely N-dealkylation sites (N-methyl/N-ethyl adjacent to an activating group) is 1. The maximum absolute atomic E-state index is 12.2. The van der Waals surface area contributed by atoms with Crippen LogP contribution in [0.4, 0.5) is 13.2 Å². The molecule has 6 heteroatoms. The van der Waals surface area contributed by atoms with Crippen LogP contribution in [-0.2, 0) is 0 Å². The summed E-state index contributed by atoms with van der Waals surface area (Å²) in [4.78, 5) is 13.8. The number of carbonyl (C=O) groups is 1. The van der Waals surface area contributed by atoms with Crippen molar-refractivity contribution in [2.45, 2.75) is 19.2 Å². The minimum atomic E-state index is -4.73. The fourth-order valence-corrected chi connectivity index (χ4v) is 2.15. The van der Waals surface area contributed by atoms with Crippen LogP contribution in [0.15, 0.2) is 48.1 Å². The van der Waals surface area contributed by atoms with Gasteiger partial charge in [0, 0.05) is 19.2 Å². The van der Waals surface area contributed by atoms with Gasteiger partial charge in [0.25, 0.3) is 5.91 Å². The van der Waals surface area contributed by atoms with Crippen LogP contribution in [0.25, 0.3) is 0 Å². The average Bonchev–Trinajstić information content (AvgIpc) is 2.46. The van der Waals surface area contributed by atoms with Gasteiger partial charge < -0.3 is 9.64 Å². The van der Waals surface area contributed by atoms with Gasteiger partial charge in [0.2, 0.25) is 0 Å². The molecule has 1 aromatic rings. The highest BCUT2D eigenvalue weighted by Crippen LogP contribution is 2.23. The van der Waals surface area contributed by atoms with Gasteiger partial charge >= 0.3 is 6.36 Å². The third kappa shape index (κ3) is 4.65. The predicted octanol–water partition coefficient (Wildman–Crippen LogP) is 3.93. The van der Waals surface area contributed by atoms with Crippen LogP contribution >= 0.6 is 0 Å². The normalized spacial score (nSPS) is 14.5. The fourth-order valence-electron chi connectivity index (χ4n) is 2.15. The first-order valence-electron chi connectivity index (χ1n) is 6.82. The quantitative estimate of drug-likeness (QED) is 0.843. The standard InChI is InChI=1S/C16H16F3NO2/c1-20(11-12-5-3-2-4-6-12)15(21)13-7-9-14(10-8-13)22-16(17,18)19/h3,5-10H,2,4,11H2,1H3. The average molecular weight is 311 g/mol. The summed E-state index contributed by atoms with van der Waals surface area (Å²) in [7, 11) is 1.66. The van der Waals surface area contributed by atoms with E-state index in [2.05, 4.69) is 16.9 Å². The number of nitrogens with zero attached hydrogens (tertiary/aromatic N) is 1. The van der Waals surface area contributed by atoms with E-state index in [9.17, 15) is 18.0 Å². The van der Waals surface area contributed by atoms with Crippen molar-refractivity contribution in [1.82, 2.24) is 4.90 Å². The molecule has 1 amide bonds. The van der Waals surface area contributed by atoms with Gasteiger partial charge in [0.05, 0.1) is 0 Å². The number of rotatable bonds is 4. The summed E-state index contributed by atoms with van der Waals surface area (Å²) >= 11 is 0. The van der Waals surface area contributed by atoms with Crippen LogP contribution in [0.5, 0.6) is 5.75 Å². The van der Waals surface area contributed by atoms with Gasteiger partial charge in [-0.3, -0.25) is 4.79 Å². The van der Waals surface area contributed by atoms with E-state index in [1.54, 1.807) is 7.05 Å². The van der Waals surface area contributed by atoms with Crippen LogP contribution in [-0.4, -0.2) is 30.8 Å². The van der Waals surface area contributed by atoms with Crippen molar-refractivity contribution in [2.24, 2.45) is 0 Å². The molecule has 3 nitrogen and oxygen atoms in total. The summed E-state index contributed by atoms with van der Waals surface area (Å²) in [6, 6.07) is 4.92. The Morgan fingerprint density at radius 2 is 1.91 bits per heavy atom. The Balaban J connectivity index is 1.99. The van der Waals surface area contributed by atoms with Crippen molar-refractivity contribution in [1.29, 1.82) is 0 Å². The summed E-state index contributed by atoms with van der Waals surface area (Å²) in [6.07, 6.45) is 3.33. The molecule has 0 atom stereocenters. The number of hydrogen-bond acceptors (Lipinski definition) is 2. The van der Waals surface area contributed by atoms with Gasteiger partial charge in [-0.2, -0.15) is 0 Å². The van der Waals surface area contributed by atoms with Crippen molar-refractivity contribution < 1.29 is 22.7 Å². The van der Waals surface area contributed by atoms with E-state index in [0.717, 1.165) is 30.5 Å². The Morgan fingerprint density at radius 3 is 2.45 bits per heavy atom. The molecule has 0 aromatic heterocycles. The minimum absolute atomic E-state index is 0.251. The first kappa shape index (κ1) is 16.1. The molecule has 118 valence electrons. The van der Waals surface area contributed by atoms with Gasteiger partial charge in [0.1, 0.15) is 5.75 Å². The minimum Gasteiger partial charge on any atom is -0.406 e. The Morgan fingerprint density at radius 1 is 1.23 bits per heavy atom. The van der Waals surface area contributed by atoms with Crippen molar-refractivity contribution in [3.8, 4) is 5.75 Å². The molecule has 0 bridgehead atoms. The number of allylic oxidation sites excluding steroid dienone is 2. The molecular formula is C16H16F3NO2. The number of benzene rings is 1. The summed E-state index contributed by atoms with van der Waals surface area (Å²) in [6.45, 7) is 0.468. The molecule has 0 saturated carbocycles. The topological polar surface area (TPSA) is 29.5 Å². The lowest BCUT2D eigenvalue weighted by Crippen LogP contribution is -2.28. The van der Waals surface area contributed by atoms with Gasteiger partial charge in [-0.1, -0.05) is 18.2 Å². The summed E-state index contributed by atoms with van der Waals surface area (Å²) < 4.78 is 40.0. The lowest BCUT2D eigenvalue weighted by molar-refractivity contribution is -0.274. The molecule has 0 fully saturated rings. The molecule has 22 heavy (non-hydrogen) atoms. The van der Waals surface area contributed by atoms with Crippen molar-refractivity contribution in [2.75, 3.05) is 13.6 Å². The Hall–Kier alpha value is -2.24. The Bertz CT molecular complexity index is 588. The number of carbonyl (C=O) groups excluding carboxylic acids is 1. The zero-order chi connectivity index (χ0) is 16.2. The highest BCUT2D eigenvalue weighted by Gasteiger charge is 2.31. The lowest BCUT2D eigenvalue weighted by atomic mass is 10.1. The first-order chi connectivity index (χ1) is 10.3. The van der Waals surface area contributed by atoms with Crippen LogP contribution in [0, 0.1) is 0 Å². The Labute approximate surface area is 126 Å². The molecule has 1 aliphatic rings. The molecule has 0 radical (unpaired) electrons. The van der Waals surface area contributed by atoms with E-state index in [1.165, 1.54) is 17.0 Å². The highest BCUT2D eigenvalue weighted by molar-refractivity contribution is 5.94. The van der Waals surface area contributed by atoms with E-state index in [1.807, 2.05) is 6.08 Å². The monoisotopic (exact) mass is 311 g/mol. The number of hydrogen-bond donors (Lipinski definition) is 0. The smallest absolute Gasteiger partial charge is 0.406 e. The summed E-state index contributed by atoms with van der Waals surface area (Å²) in [5, 5.41) is 0. The molecule has 0 aliphatic heterocycles. The van der Waals surface area contributed by atoms with E-state index < -0.39 is 6.36 Å². The molecule has 1 aliphatic carbocycles. The fraction of sp³-hybridized carbons (Fsp3) is 0.312. The first-order valence-corrected chi connectivity index (χ1v) is 6.82. The lowest BCUT2D eigenvalue weighted by Gasteiger charge is -2.19. The largest absolute Gasteiger partial charge is 0.573 e. The van der Waals surface area contributed by atoms with Gasteiger partial charge in [-0.05, 0) is 42.7 Å². The maximum atomic E-state index is 12.2. The highest BCUT2D eigenvalue weighted by atomic mass is 19.4. The SMILES string of the molecule is CN(CC1=CCCC=C1)C(=O)c1ccc(OC(F)(F)F)cc1. The molecule has 1 aromatic carbocycles. The predicted molar refractivity (Wildman–Crippen MR) is 76.5 cm³/mol. The number of amides is 1. The zero-order valence-corrected chi connectivity index (χ0v) is 12.1. The van der Waals surface area contributed by atoms with Crippen molar-refractivity contribution >= 4 is 5.91 Å². The van der Waals surface area contributed by atoms with E-state index in [4.69, 9.17) is 0 Å². The third-order valence-electron chi connectivity index (χ3n) is 3.17. The third-order valence-corrected chi connectivity index (χ3v) is 3.17. The molecule has 0 saturated heterocycles. The van der Waals surface area contributed by atoms with Crippen molar-refractivity contribution in [3.05, 3.63) is 53.6 Å². The summed E-state index contributed by atoms with van der Waals surface area (Å²) in [5.41, 5.74) is 1.37. The second-order valence-electron chi connectivity index (χ2n) is 4.99. The van der Waals surface area contributed by atoms with E-state index in [-0.39, 0.29) is 11.7 Å². The molecular weight excluding hydrogens is 295 g/mol. The Kier molecular flexibility index (Phi) is 4.90. The van der Waals surface area contributed by atoms with Crippen LogP contribution in [0.3, 0.4) is 0 Å². The van der Waals surface area contributed by atoms with Gasteiger partial charge in [0.15, 0.2) is 0 Å². The maximum Gasteiger partial charge on any atom is 0.573 e. The van der Waals surface area contributed by atoms with E-state index >= 15 is 0 Å². The van der Waals surface area contributed by atoms with Gasteiger partial charge in [-0.25, -0.2) is 0 Å². The number of halogens is 3. The second-order valence-corrected chi connectivity index (χ2v) is 4.99. The van der Waals surface area contributed by atoms with Crippen molar-refractivity contribution in [3.63, 3.8) is 0 Å². The van der Waals surface area contributed by atoms with Crippen LogP contribution in [0.1, 0.15) is 23.2 Å². The van der Waals surface area contributed by atoms with Crippen LogP contribution < -0.4 is 4.74 Å². The molecule has 0 heterocycles. The number of ether oxygens (including phenoxy) is 1. The van der Waals surface area contributed by atoms with Crippen LogP contribution in [0.2, 0.25) is 0 Å². The molecule has 2 rings (SSSR count). The van der Waals surface area contributed by atoms with E-state index in [0.29, 0.717) is 12.1 Å². The number of alkyl halides is 3. The second kappa shape index (κ2) is 6.68. The molecule has 0 unspecified atom stereocenters.